The number of phenols is 2. The van der Waals surface area contributed by atoms with Crippen molar-refractivity contribution in [3.8, 4) is 33.8 Å². The molecule has 1 aliphatic carbocycles. The topological polar surface area (TPSA) is 40.5 Å². The SMILES string of the molecule is CC(C)(C)c1cc(C[S]2=[Ti]=[S](Cc3cc(C(C)(C)C)cc(-c4cc(C(F)(F)F)cc(C(F)(F)F)c4)c3O)[C@H]3CCCCCCC32)c(O)c(-c2cc(C(F)(F)F)cc(C(F)(F)F)c2)c1. The summed E-state index contributed by atoms with van der Waals surface area (Å²) in [6, 6.07) is 9.00. The molecule has 0 aromatic heterocycles. The Labute approximate surface area is 369 Å². The van der Waals surface area contributed by atoms with Crippen LogP contribution in [-0.4, -0.2) is 20.7 Å². The summed E-state index contributed by atoms with van der Waals surface area (Å²) in [6.07, 6.45) is -14.9. The summed E-state index contributed by atoms with van der Waals surface area (Å²) < 4.78 is 168. The van der Waals surface area contributed by atoms with E-state index in [2.05, 4.69) is 0 Å². The number of hydrogen-bond acceptors (Lipinski definition) is 2. The minimum atomic E-state index is -5.10. The molecular weight excluding hydrogens is 924 g/mol. The predicted molar refractivity (Wildman–Crippen MR) is 222 cm³/mol. The van der Waals surface area contributed by atoms with Gasteiger partial charge < -0.3 is 0 Å². The normalized spacial score (nSPS) is 20.4. The van der Waals surface area contributed by atoms with Crippen molar-refractivity contribution in [2.45, 2.75) is 138 Å². The Morgan fingerprint density at radius 1 is 0.444 bits per heavy atom. The zero-order valence-corrected chi connectivity index (χ0v) is 38.5. The van der Waals surface area contributed by atoms with Gasteiger partial charge in [-0.15, -0.1) is 0 Å². The van der Waals surface area contributed by atoms with Crippen molar-refractivity contribution in [1.29, 1.82) is 0 Å². The van der Waals surface area contributed by atoms with Crippen LogP contribution in [0.25, 0.3) is 22.3 Å². The van der Waals surface area contributed by atoms with Crippen molar-refractivity contribution in [2.24, 2.45) is 0 Å². The number of halogens is 12. The molecule has 1 saturated carbocycles. The molecular formula is C46H48F12O2S2Ti. The Morgan fingerprint density at radius 2 is 0.746 bits per heavy atom. The van der Waals surface area contributed by atoms with Gasteiger partial charge in [0.1, 0.15) is 0 Å². The van der Waals surface area contributed by atoms with Crippen molar-refractivity contribution in [3.05, 3.63) is 105 Å². The fourth-order valence-electron chi connectivity index (χ4n) is 8.07. The monoisotopic (exact) mass is 972 g/mol. The zero-order chi connectivity index (χ0) is 46.8. The van der Waals surface area contributed by atoms with Crippen LogP contribution in [-0.2, 0) is 62.5 Å². The second-order valence-electron chi connectivity index (χ2n) is 18.5. The molecule has 2 aliphatic rings. The molecule has 0 amide bonds. The second-order valence-corrected chi connectivity index (χ2v) is 29.9. The Hall–Kier alpha value is -2.95. The van der Waals surface area contributed by atoms with Crippen LogP contribution in [0.1, 0.15) is 125 Å². The summed E-state index contributed by atoms with van der Waals surface area (Å²) >= 11 is -0.987. The van der Waals surface area contributed by atoms with E-state index in [0.717, 1.165) is 38.5 Å². The third-order valence-electron chi connectivity index (χ3n) is 11.6. The van der Waals surface area contributed by atoms with Crippen molar-refractivity contribution in [2.75, 3.05) is 0 Å². The van der Waals surface area contributed by atoms with Crippen molar-refractivity contribution in [1.82, 2.24) is 0 Å². The van der Waals surface area contributed by atoms with Crippen LogP contribution in [0.2, 0.25) is 0 Å². The molecule has 3 unspecified atom stereocenters. The molecule has 4 aromatic carbocycles. The number of fused-ring (bicyclic) bond motifs is 1. The quantitative estimate of drug-likeness (QED) is 0.149. The van der Waals surface area contributed by atoms with Gasteiger partial charge in [0.25, 0.3) is 0 Å². The summed E-state index contributed by atoms with van der Waals surface area (Å²) in [6.45, 7) is 11.1. The van der Waals surface area contributed by atoms with Gasteiger partial charge in [0, 0.05) is 0 Å². The molecule has 2 nitrogen and oxygen atoms in total. The van der Waals surface area contributed by atoms with Gasteiger partial charge in [-0.1, -0.05) is 0 Å². The molecule has 4 aromatic rings. The van der Waals surface area contributed by atoms with E-state index >= 15 is 0 Å². The Bertz CT molecular complexity index is 2230. The van der Waals surface area contributed by atoms with E-state index in [-0.39, 0.29) is 49.7 Å². The van der Waals surface area contributed by atoms with Crippen molar-refractivity contribution in [3.63, 3.8) is 0 Å². The predicted octanol–water partition coefficient (Wildman–Crippen LogP) is 16.4. The molecule has 0 spiro atoms. The van der Waals surface area contributed by atoms with Gasteiger partial charge in [0.15, 0.2) is 0 Å². The zero-order valence-electron chi connectivity index (χ0n) is 35.3. The Morgan fingerprint density at radius 3 is 1.02 bits per heavy atom. The third kappa shape index (κ3) is 11.4. The molecule has 4 atom stereocenters. The van der Waals surface area contributed by atoms with Gasteiger partial charge in [0.2, 0.25) is 0 Å². The molecule has 1 fully saturated rings. The van der Waals surface area contributed by atoms with Crippen LogP contribution in [0.15, 0.2) is 60.7 Å². The summed E-state index contributed by atoms with van der Waals surface area (Å²) in [5.41, 5.74) is -6.39. The van der Waals surface area contributed by atoms with Crippen molar-refractivity contribution < 1.29 is 78.4 Å². The second kappa shape index (κ2) is 17.7. The van der Waals surface area contributed by atoms with E-state index in [4.69, 9.17) is 0 Å². The van der Waals surface area contributed by atoms with Gasteiger partial charge in [-0.3, -0.25) is 0 Å². The molecule has 344 valence electrons. The summed E-state index contributed by atoms with van der Waals surface area (Å²) in [5, 5.41) is 24.1. The number of hydrogen-bond donors (Lipinski definition) is 2. The van der Waals surface area contributed by atoms with Gasteiger partial charge in [-0.2, -0.15) is 0 Å². The van der Waals surface area contributed by atoms with E-state index in [1.807, 2.05) is 41.5 Å². The molecule has 0 saturated heterocycles. The fourth-order valence-corrected chi connectivity index (χ4v) is 28.9. The van der Waals surface area contributed by atoms with Gasteiger partial charge in [-0.05, 0) is 0 Å². The molecule has 1 aliphatic heterocycles. The molecule has 0 bridgehead atoms. The average molecular weight is 973 g/mol. The standard InChI is InChI=1S/C46H48F12O2S2.Ti/c1-41(2,3)29-17-27(39(59)35(21-29)25-13-31(43(47,48)49)19-32(14-25)44(50,51)52)23-61-37-11-9-7-8-10-12-38(37)62-24-28-18-30(42(4,5)6)22-36(40(28)60)26-15-33(45(53,54)55)20-34(16-26)46(56,57)58;/h13-22,37-38,59-60H,7-12,23-24H2,1-6H3;/t37-,38?;/m0./s1. The summed E-state index contributed by atoms with van der Waals surface area (Å²) in [7, 11) is -0.750. The van der Waals surface area contributed by atoms with Crippen LogP contribution in [0.5, 0.6) is 11.5 Å². The Balaban J connectivity index is 1.53. The number of aromatic hydroxyl groups is 2. The summed E-state index contributed by atoms with van der Waals surface area (Å²) in [5.74, 6) is -0.156. The summed E-state index contributed by atoms with van der Waals surface area (Å²) in [4.78, 5) is 0. The van der Waals surface area contributed by atoms with Gasteiger partial charge >= 0.3 is 371 Å². The van der Waals surface area contributed by atoms with E-state index < -0.39 is 95.9 Å². The van der Waals surface area contributed by atoms with Crippen molar-refractivity contribution >= 4 is 15.9 Å². The number of alkyl halides is 12. The number of benzene rings is 4. The number of rotatable bonds is 6. The molecule has 1 heterocycles. The third-order valence-corrected chi connectivity index (χ3v) is 27.5. The van der Waals surface area contributed by atoms with Crippen LogP contribution in [0.4, 0.5) is 52.7 Å². The van der Waals surface area contributed by atoms with E-state index in [1.165, 1.54) is 12.1 Å². The Kier molecular flexibility index (Phi) is 13.9. The van der Waals surface area contributed by atoms with E-state index in [9.17, 15) is 62.9 Å². The fraction of sp³-hybridized carbons (Fsp3) is 0.478. The average Bonchev–Trinajstić information content (AvgIpc) is 3.43. The maximum atomic E-state index is 14.0. The van der Waals surface area contributed by atoms with Gasteiger partial charge in [-0.25, -0.2) is 0 Å². The molecule has 63 heavy (non-hydrogen) atoms. The minimum absolute atomic E-state index is 0.0488. The van der Waals surface area contributed by atoms with Gasteiger partial charge in [0.05, 0.1) is 0 Å². The van der Waals surface area contributed by atoms with Crippen LogP contribution >= 0.6 is 15.9 Å². The van der Waals surface area contributed by atoms with Crippen LogP contribution < -0.4 is 0 Å². The first-order chi connectivity index (χ1) is 28.8. The molecule has 2 N–H and O–H groups in total. The molecule has 6 rings (SSSR count). The number of phenolic OH excluding ortho intramolecular Hbond substituents is 2. The first-order valence-electron chi connectivity index (χ1n) is 20.3. The first kappa shape index (κ1) is 49.5. The molecule has 0 radical (unpaired) electrons. The van der Waals surface area contributed by atoms with Crippen LogP contribution in [0.3, 0.4) is 0 Å². The van der Waals surface area contributed by atoms with E-state index in [1.54, 1.807) is 12.1 Å². The first-order valence-corrected chi connectivity index (χ1v) is 27.0. The maximum absolute atomic E-state index is 14.0. The van der Waals surface area contributed by atoms with Crippen LogP contribution in [0, 0.1) is 0 Å². The van der Waals surface area contributed by atoms with E-state index in [0.29, 0.717) is 58.0 Å². The molecule has 17 heteroatoms.